The van der Waals surface area contributed by atoms with Gasteiger partial charge in [-0.25, -0.2) is 15.0 Å². The quantitative estimate of drug-likeness (QED) is 0.551. The summed E-state index contributed by atoms with van der Waals surface area (Å²) in [6, 6.07) is 10.1. The largest absolute Gasteiger partial charge is 0.479 e. The lowest BCUT2D eigenvalue weighted by molar-refractivity contribution is 0.394. The fourth-order valence-corrected chi connectivity index (χ4v) is 3.23. The first-order valence-corrected chi connectivity index (χ1v) is 8.59. The Hall–Kier alpha value is -2.86. The summed E-state index contributed by atoms with van der Waals surface area (Å²) < 4.78 is 9.28. The molecule has 1 aromatic carbocycles. The molecule has 0 saturated carbocycles. The topological polar surface area (TPSA) is 57.8 Å². The zero-order valence-electron chi connectivity index (χ0n) is 14.8. The number of hydrogen-bond acceptors (Lipinski definition) is 4. The number of aryl methyl sites for hydroxylation is 2. The number of fused-ring (bicyclic) bond motifs is 1. The second-order valence-electron chi connectivity index (χ2n) is 6.15. The van der Waals surface area contributed by atoms with Gasteiger partial charge in [-0.2, -0.15) is 0 Å². The number of nitrogens with zero attached hydrogens (tertiary/aromatic N) is 5. The maximum Gasteiger partial charge on any atom is 0.238 e. The standard InChI is InChI=1S/C19H18ClN5O/c1-12-10-25(11-21-12)16-8-7-14(22-18(16)26-3)9-13-5-4-6-15-17(13)23-19(20)24(15)2/h4-8,10-11H,9H2,1-3H3. The lowest BCUT2D eigenvalue weighted by Gasteiger charge is -2.10. The van der Waals surface area contributed by atoms with E-state index < -0.39 is 0 Å². The Morgan fingerprint density at radius 2 is 2.00 bits per heavy atom. The molecule has 0 amide bonds. The number of pyridine rings is 1. The molecule has 0 fully saturated rings. The molecule has 0 aliphatic rings. The van der Waals surface area contributed by atoms with Gasteiger partial charge in [-0.3, -0.25) is 0 Å². The molecule has 4 rings (SSSR count). The summed E-state index contributed by atoms with van der Waals surface area (Å²) >= 11 is 6.17. The zero-order valence-corrected chi connectivity index (χ0v) is 15.5. The van der Waals surface area contributed by atoms with Gasteiger partial charge in [0.1, 0.15) is 5.69 Å². The first kappa shape index (κ1) is 16.6. The second kappa shape index (κ2) is 6.46. The molecule has 0 aliphatic carbocycles. The summed E-state index contributed by atoms with van der Waals surface area (Å²) in [5, 5.41) is 0.476. The van der Waals surface area contributed by atoms with Crippen LogP contribution < -0.4 is 4.74 Å². The fourth-order valence-electron chi connectivity index (χ4n) is 3.05. The van der Waals surface area contributed by atoms with E-state index in [1.54, 1.807) is 13.4 Å². The minimum Gasteiger partial charge on any atom is -0.479 e. The maximum absolute atomic E-state index is 6.17. The van der Waals surface area contributed by atoms with Gasteiger partial charge in [0.25, 0.3) is 0 Å². The van der Waals surface area contributed by atoms with E-state index in [2.05, 4.69) is 15.0 Å². The van der Waals surface area contributed by atoms with Crippen molar-refractivity contribution in [3.05, 3.63) is 65.1 Å². The summed E-state index contributed by atoms with van der Waals surface area (Å²) in [5.74, 6) is 0.561. The number of ether oxygens (including phenoxy) is 1. The Morgan fingerprint density at radius 3 is 2.73 bits per heavy atom. The highest BCUT2D eigenvalue weighted by Crippen LogP contribution is 2.26. The van der Waals surface area contributed by atoms with Crippen LogP contribution >= 0.6 is 11.6 Å². The molecule has 0 spiro atoms. The Labute approximate surface area is 156 Å². The van der Waals surface area contributed by atoms with Crippen molar-refractivity contribution in [3.8, 4) is 11.6 Å². The molecule has 26 heavy (non-hydrogen) atoms. The number of methoxy groups -OCH3 is 1. The van der Waals surface area contributed by atoms with Crippen molar-refractivity contribution in [2.45, 2.75) is 13.3 Å². The predicted molar refractivity (Wildman–Crippen MR) is 101 cm³/mol. The van der Waals surface area contributed by atoms with Gasteiger partial charge in [0.15, 0.2) is 0 Å². The van der Waals surface area contributed by atoms with E-state index in [4.69, 9.17) is 16.3 Å². The molecule has 4 aromatic rings. The van der Waals surface area contributed by atoms with Crippen molar-refractivity contribution in [1.29, 1.82) is 0 Å². The minimum atomic E-state index is 0.476. The second-order valence-corrected chi connectivity index (χ2v) is 6.49. The smallest absolute Gasteiger partial charge is 0.238 e. The van der Waals surface area contributed by atoms with Crippen LogP contribution in [0.5, 0.6) is 5.88 Å². The van der Waals surface area contributed by atoms with E-state index in [9.17, 15) is 0 Å². The number of para-hydroxylation sites is 1. The first-order valence-electron chi connectivity index (χ1n) is 8.21. The van der Waals surface area contributed by atoms with Crippen molar-refractivity contribution in [2.75, 3.05) is 7.11 Å². The fraction of sp³-hybridized carbons (Fsp3) is 0.211. The normalized spacial score (nSPS) is 11.2. The van der Waals surface area contributed by atoms with Crippen molar-refractivity contribution >= 4 is 22.6 Å². The Bertz CT molecular complexity index is 1100. The average molecular weight is 368 g/mol. The summed E-state index contributed by atoms with van der Waals surface area (Å²) in [6.07, 6.45) is 4.34. The molecule has 132 valence electrons. The van der Waals surface area contributed by atoms with Crippen molar-refractivity contribution < 1.29 is 4.74 Å². The molecular formula is C19H18ClN5O. The van der Waals surface area contributed by atoms with Crippen LogP contribution in [0.25, 0.3) is 16.7 Å². The number of aromatic nitrogens is 5. The van der Waals surface area contributed by atoms with E-state index in [0.717, 1.165) is 33.7 Å². The first-order chi connectivity index (χ1) is 12.6. The van der Waals surface area contributed by atoms with E-state index >= 15 is 0 Å². The molecule has 3 aromatic heterocycles. The van der Waals surface area contributed by atoms with Gasteiger partial charge in [-0.1, -0.05) is 12.1 Å². The third-order valence-electron chi connectivity index (χ3n) is 4.39. The third kappa shape index (κ3) is 2.82. The van der Waals surface area contributed by atoms with Crippen molar-refractivity contribution in [1.82, 2.24) is 24.1 Å². The van der Waals surface area contributed by atoms with Crippen molar-refractivity contribution in [2.24, 2.45) is 7.05 Å². The molecule has 0 aliphatic heterocycles. The van der Waals surface area contributed by atoms with Gasteiger partial charge in [0.05, 0.1) is 30.2 Å². The van der Waals surface area contributed by atoms with Crippen LogP contribution in [-0.4, -0.2) is 31.2 Å². The highest BCUT2D eigenvalue weighted by atomic mass is 35.5. The summed E-state index contributed by atoms with van der Waals surface area (Å²) in [7, 11) is 3.53. The predicted octanol–water partition coefficient (Wildman–Crippen LogP) is 3.72. The summed E-state index contributed by atoms with van der Waals surface area (Å²) in [5.41, 5.74) is 5.67. The Morgan fingerprint density at radius 1 is 1.15 bits per heavy atom. The van der Waals surface area contributed by atoms with Crippen LogP contribution in [0.15, 0.2) is 42.9 Å². The SMILES string of the molecule is COc1nc(Cc2cccc3c2nc(Cl)n3C)ccc1-n1cnc(C)c1. The van der Waals surface area contributed by atoms with E-state index in [1.807, 2.05) is 59.6 Å². The number of imidazole rings is 2. The van der Waals surface area contributed by atoms with E-state index in [1.165, 1.54) is 0 Å². The zero-order chi connectivity index (χ0) is 18.3. The van der Waals surface area contributed by atoms with Crippen LogP contribution in [0, 0.1) is 6.92 Å². The van der Waals surface area contributed by atoms with Gasteiger partial charge >= 0.3 is 0 Å². The van der Waals surface area contributed by atoms with Crippen LogP contribution in [0.3, 0.4) is 0 Å². The number of benzene rings is 1. The maximum atomic E-state index is 6.17. The third-order valence-corrected chi connectivity index (χ3v) is 4.73. The highest BCUT2D eigenvalue weighted by molar-refractivity contribution is 6.29. The minimum absolute atomic E-state index is 0.476. The van der Waals surface area contributed by atoms with Crippen LogP contribution in [0.2, 0.25) is 5.28 Å². The lowest BCUT2D eigenvalue weighted by atomic mass is 10.1. The summed E-state index contributed by atoms with van der Waals surface area (Å²) in [6.45, 7) is 1.95. The monoisotopic (exact) mass is 367 g/mol. The highest BCUT2D eigenvalue weighted by Gasteiger charge is 2.13. The van der Waals surface area contributed by atoms with Gasteiger partial charge in [0, 0.05) is 25.4 Å². The molecule has 0 unspecified atom stereocenters. The summed E-state index contributed by atoms with van der Waals surface area (Å²) in [4.78, 5) is 13.4. The molecule has 0 saturated heterocycles. The molecule has 0 N–H and O–H groups in total. The number of hydrogen-bond donors (Lipinski definition) is 0. The molecule has 6 nitrogen and oxygen atoms in total. The molecule has 0 atom stereocenters. The molecule has 3 heterocycles. The lowest BCUT2D eigenvalue weighted by Crippen LogP contribution is -2.02. The molecular weight excluding hydrogens is 350 g/mol. The van der Waals surface area contributed by atoms with Crippen molar-refractivity contribution in [3.63, 3.8) is 0 Å². The Kier molecular flexibility index (Phi) is 4.12. The molecule has 7 heteroatoms. The average Bonchev–Trinajstić information content (AvgIpc) is 3.20. The van der Waals surface area contributed by atoms with E-state index in [0.29, 0.717) is 17.6 Å². The Balaban J connectivity index is 1.72. The van der Waals surface area contributed by atoms with Crippen LogP contribution in [-0.2, 0) is 13.5 Å². The number of rotatable bonds is 4. The van der Waals surface area contributed by atoms with Gasteiger partial charge in [-0.15, -0.1) is 0 Å². The molecule has 0 radical (unpaired) electrons. The van der Waals surface area contributed by atoms with Gasteiger partial charge < -0.3 is 13.9 Å². The van der Waals surface area contributed by atoms with Gasteiger partial charge in [-0.05, 0) is 42.3 Å². The van der Waals surface area contributed by atoms with Gasteiger partial charge in [0.2, 0.25) is 11.2 Å². The molecule has 0 bridgehead atoms. The van der Waals surface area contributed by atoms with E-state index in [-0.39, 0.29) is 0 Å². The number of halogens is 1. The van der Waals surface area contributed by atoms with Crippen LogP contribution in [0.4, 0.5) is 0 Å². The van der Waals surface area contributed by atoms with Crippen LogP contribution in [0.1, 0.15) is 17.0 Å².